The van der Waals surface area contributed by atoms with Crippen LogP contribution in [0.4, 0.5) is 13.2 Å². The Morgan fingerprint density at radius 2 is 1.92 bits per heavy atom. The van der Waals surface area contributed by atoms with Crippen molar-refractivity contribution in [2.24, 2.45) is 11.8 Å². The molecule has 1 amide bonds. The van der Waals surface area contributed by atoms with Crippen LogP contribution in [-0.4, -0.2) is 47.7 Å². The average Bonchev–Trinajstić information content (AvgIpc) is 2.90. The van der Waals surface area contributed by atoms with Crippen LogP contribution in [0.25, 0.3) is 0 Å². The fourth-order valence-electron chi connectivity index (χ4n) is 2.86. The molecule has 0 saturated carbocycles. The van der Waals surface area contributed by atoms with Crippen molar-refractivity contribution >= 4 is 24.3 Å². The van der Waals surface area contributed by atoms with Crippen LogP contribution in [0.5, 0.6) is 0 Å². The molecular formula is C16H20ClF3N2O3. The number of nitrogens with zero attached hydrogens (tertiary/aromatic N) is 1. The highest BCUT2D eigenvalue weighted by Crippen LogP contribution is 2.37. The van der Waals surface area contributed by atoms with Gasteiger partial charge in [0.2, 0.25) is 5.91 Å². The van der Waals surface area contributed by atoms with E-state index >= 15 is 0 Å². The van der Waals surface area contributed by atoms with E-state index in [9.17, 15) is 22.8 Å². The van der Waals surface area contributed by atoms with Crippen LogP contribution in [0.3, 0.4) is 0 Å². The second-order valence-corrected chi connectivity index (χ2v) is 5.99. The van der Waals surface area contributed by atoms with E-state index in [4.69, 9.17) is 5.11 Å². The smallest absolute Gasteiger partial charge is 0.393 e. The number of hydrogen-bond donors (Lipinski definition) is 2. The minimum Gasteiger partial charge on any atom is -0.481 e. The molecule has 0 radical (unpaired) electrons. The molecule has 0 unspecified atom stereocenters. The molecule has 1 aromatic carbocycles. The maximum absolute atomic E-state index is 12.9. The Balaban J connectivity index is 0.00000312. The van der Waals surface area contributed by atoms with Gasteiger partial charge in [-0.25, -0.2) is 0 Å². The second-order valence-electron chi connectivity index (χ2n) is 5.99. The zero-order chi connectivity index (χ0) is 17.9. The van der Waals surface area contributed by atoms with E-state index in [-0.39, 0.29) is 32.0 Å². The number of alkyl halides is 3. The largest absolute Gasteiger partial charge is 0.481 e. The molecule has 2 atom stereocenters. The molecule has 1 saturated heterocycles. The van der Waals surface area contributed by atoms with Crippen LogP contribution in [0.1, 0.15) is 11.1 Å². The third kappa shape index (κ3) is 5.61. The average molecular weight is 381 g/mol. The van der Waals surface area contributed by atoms with Crippen molar-refractivity contribution in [1.29, 1.82) is 0 Å². The van der Waals surface area contributed by atoms with E-state index in [1.807, 2.05) is 31.2 Å². The van der Waals surface area contributed by atoms with Gasteiger partial charge in [0.15, 0.2) is 0 Å². The van der Waals surface area contributed by atoms with Gasteiger partial charge in [0.05, 0.1) is 18.4 Å². The summed E-state index contributed by atoms with van der Waals surface area (Å²) < 4.78 is 38.7. The Labute approximate surface area is 149 Å². The van der Waals surface area contributed by atoms with Gasteiger partial charge in [-0.1, -0.05) is 24.3 Å². The molecule has 1 aromatic rings. The fraction of sp³-hybridized carbons (Fsp3) is 0.500. The number of carbonyl (C=O) groups excluding carboxylic acids is 1. The Hall–Kier alpha value is -1.80. The summed E-state index contributed by atoms with van der Waals surface area (Å²) in [7, 11) is 0. The van der Waals surface area contributed by atoms with Crippen molar-refractivity contribution in [3.8, 4) is 0 Å². The zero-order valence-corrected chi connectivity index (χ0v) is 14.4. The molecular weight excluding hydrogens is 361 g/mol. The first-order valence-electron chi connectivity index (χ1n) is 7.51. The topological polar surface area (TPSA) is 69.6 Å². The van der Waals surface area contributed by atoms with E-state index in [1.165, 1.54) is 4.90 Å². The highest BCUT2D eigenvalue weighted by atomic mass is 35.5. The summed E-state index contributed by atoms with van der Waals surface area (Å²) in [5.41, 5.74) is 1.92. The third-order valence-corrected chi connectivity index (χ3v) is 4.24. The van der Waals surface area contributed by atoms with Crippen LogP contribution in [0.2, 0.25) is 0 Å². The molecule has 1 heterocycles. The quantitative estimate of drug-likeness (QED) is 0.822. The van der Waals surface area contributed by atoms with Crippen molar-refractivity contribution in [2.75, 3.05) is 19.6 Å². The third-order valence-electron chi connectivity index (χ3n) is 4.24. The Bertz CT molecular complexity index is 625. The molecule has 0 aromatic heterocycles. The van der Waals surface area contributed by atoms with Crippen LogP contribution in [-0.2, 0) is 16.1 Å². The molecule has 1 aliphatic rings. The van der Waals surface area contributed by atoms with Crippen LogP contribution >= 0.6 is 12.4 Å². The highest BCUT2D eigenvalue weighted by molar-refractivity contribution is 5.85. The Kier molecular flexibility index (Phi) is 7.25. The summed E-state index contributed by atoms with van der Waals surface area (Å²) in [4.78, 5) is 24.2. The summed E-state index contributed by atoms with van der Waals surface area (Å²) in [6.45, 7) is 1.18. The van der Waals surface area contributed by atoms with E-state index in [2.05, 4.69) is 5.32 Å². The molecule has 2 N–H and O–H groups in total. The number of hydrogen-bond acceptors (Lipinski definition) is 3. The monoisotopic (exact) mass is 380 g/mol. The summed E-state index contributed by atoms with van der Waals surface area (Å²) in [5.74, 6) is -5.39. The first kappa shape index (κ1) is 21.2. The van der Waals surface area contributed by atoms with Crippen LogP contribution in [0.15, 0.2) is 24.3 Å². The lowest BCUT2D eigenvalue weighted by Gasteiger charge is -2.18. The highest BCUT2D eigenvalue weighted by Gasteiger charge is 2.52. The van der Waals surface area contributed by atoms with Crippen molar-refractivity contribution in [3.05, 3.63) is 35.4 Å². The van der Waals surface area contributed by atoms with Gasteiger partial charge in [0, 0.05) is 19.6 Å². The molecule has 1 aliphatic heterocycles. The van der Waals surface area contributed by atoms with Gasteiger partial charge in [-0.05, 0) is 18.1 Å². The van der Waals surface area contributed by atoms with Gasteiger partial charge in [-0.15, -0.1) is 12.4 Å². The number of aryl methyl sites for hydroxylation is 1. The van der Waals surface area contributed by atoms with Crippen molar-refractivity contribution < 1.29 is 27.9 Å². The molecule has 0 spiro atoms. The van der Waals surface area contributed by atoms with E-state index in [1.54, 1.807) is 0 Å². The minimum atomic E-state index is -4.59. The summed E-state index contributed by atoms with van der Waals surface area (Å²) in [6, 6.07) is 7.45. The van der Waals surface area contributed by atoms with Crippen molar-refractivity contribution in [3.63, 3.8) is 0 Å². The summed E-state index contributed by atoms with van der Waals surface area (Å²) >= 11 is 0. The predicted molar refractivity (Wildman–Crippen MR) is 87.4 cm³/mol. The molecule has 0 aliphatic carbocycles. The molecule has 0 bridgehead atoms. The van der Waals surface area contributed by atoms with E-state index in [0.29, 0.717) is 0 Å². The number of likely N-dealkylation sites (tertiary alicyclic amines) is 1. The van der Waals surface area contributed by atoms with E-state index < -0.39 is 36.4 Å². The maximum Gasteiger partial charge on any atom is 0.393 e. The number of carbonyl (C=O) groups is 2. The number of amides is 1. The molecule has 140 valence electrons. The lowest BCUT2D eigenvalue weighted by Crippen LogP contribution is -2.37. The first-order chi connectivity index (χ1) is 11.2. The SMILES string of the molecule is Cc1ccccc1CNC(=O)CN1C[C@@H](C(F)(F)F)[C@H](C(=O)O)C1.Cl. The van der Waals surface area contributed by atoms with E-state index in [0.717, 1.165) is 11.1 Å². The molecule has 25 heavy (non-hydrogen) atoms. The number of rotatable bonds is 5. The molecule has 9 heteroatoms. The van der Waals surface area contributed by atoms with Gasteiger partial charge < -0.3 is 10.4 Å². The van der Waals surface area contributed by atoms with Gasteiger partial charge in [0.25, 0.3) is 0 Å². The number of carboxylic acids is 1. The zero-order valence-electron chi connectivity index (χ0n) is 13.5. The molecule has 5 nitrogen and oxygen atoms in total. The van der Waals surface area contributed by atoms with Gasteiger partial charge in [0.1, 0.15) is 0 Å². The lowest BCUT2D eigenvalue weighted by atomic mass is 9.96. The Morgan fingerprint density at radius 3 is 2.44 bits per heavy atom. The Morgan fingerprint density at radius 1 is 1.28 bits per heavy atom. The summed E-state index contributed by atoms with van der Waals surface area (Å²) in [5, 5.41) is 11.6. The van der Waals surface area contributed by atoms with Crippen molar-refractivity contribution in [2.45, 2.75) is 19.6 Å². The van der Waals surface area contributed by atoms with Gasteiger partial charge in [-0.2, -0.15) is 13.2 Å². The number of benzene rings is 1. The predicted octanol–water partition coefficient (Wildman–Crippen LogP) is 2.23. The summed E-state index contributed by atoms with van der Waals surface area (Å²) in [6.07, 6.45) is -4.59. The number of aliphatic carboxylic acids is 1. The normalized spacial score (nSPS) is 20.8. The molecule has 2 rings (SSSR count). The lowest BCUT2D eigenvalue weighted by molar-refractivity contribution is -0.188. The van der Waals surface area contributed by atoms with Gasteiger partial charge >= 0.3 is 12.1 Å². The second kappa shape index (κ2) is 8.53. The maximum atomic E-state index is 12.9. The number of nitrogens with one attached hydrogen (secondary N) is 1. The minimum absolute atomic E-state index is 0. The molecule has 1 fully saturated rings. The van der Waals surface area contributed by atoms with Crippen molar-refractivity contribution in [1.82, 2.24) is 10.2 Å². The number of carboxylic acid groups (broad SMARTS) is 1. The van der Waals surface area contributed by atoms with Gasteiger partial charge in [-0.3, -0.25) is 14.5 Å². The van der Waals surface area contributed by atoms with Crippen LogP contribution in [0, 0.1) is 18.8 Å². The fourth-order valence-corrected chi connectivity index (χ4v) is 2.86. The first-order valence-corrected chi connectivity index (χ1v) is 7.51. The number of halogens is 4. The van der Waals surface area contributed by atoms with Crippen LogP contribution < -0.4 is 5.32 Å². The standard InChI is InChI=1S/C16H19F3N2O3.ClH/c1-10-4-2-3-5-11(10)6-20-14(22)9-21-7-12(15(23)24)13(8-21)16(17,18)19;/h2-5,12-13H,6-9H2,1H3,(H,20,22)(H,23,24);1H/t12-,13-;/m1./s1.